The number of thiophene rings is 1. The number of nitrogens with one attached hydrogen (secondary N) is 1. The quantitative estimate of drug-likeness (QED) is 0.544. The Hall–Kier alpha value is -3.65. The van der Waals surface area contributed by atoms with E-state index in [0.29, 0.717) is 16.9 Å². The summed E-state index contributed by atoms with van der Waals surface area (Å²) in [6.45, 7) is 1.76. The van der Waals surface area contributed by atoms with Gasteiger partial charge in [-0.15, -0.1) is 11.3 Å². The summed E-state index contributed by atoms with van der Waals surface area (Å²) in [7, 11) is 0. The molecule has 8 heteroatoms. The lowest BCUT2D eigenvalue weighted by Gasteiger charge is -2.05. The van der Waals surface area contributed by atoms with Crippen LogP contribution < -0.4 is 5.32 Å². The van der Waals surface area contributed by atoms with Gasteiger partial charge in [-0.3, -0.25) is 4.79 Å². The van der Waals surface area contributed by atoms with Crippen molar-refractivity contribution in [3.8, 4) is 11.3 Å². The largest absolute Gasteiger partial charge is 0.477 e. The molecular formula is C20H15NO6S. The minimum absolute atomic E-state index is 0.137. The molecule has 7 nitrogen and oxygen atoms in total. The standard InChI is InChI=1S/C20H15NO6S/c1-11-10-28-17(20(25)26)16(11)15-8-7-13(27-15)9-14(19(23)24)21-18(22)12-5-3-2-4-6-12/h2-10H,1H3,(H,21,22)(H,23,24)(H,25,26)/b14-9-. The van der Waals surface area contributed by atoms with Gasteiger partial charge in [0.05, 0.1) is 0 Å². The van der Waals surface area contributed by atoms with Crippen LogP contribution in [0.2, 0.25) is 0 Å². The van der Waals surface area contributed by atoms with Crippen molar-refractivity contribution in [3.05, 3.63) is 75.3 Å². The lowest BCUT2D eigenvalue weighted by molar-refractivity contribution is -0.132. The fourth-order valence-electron chi connectivity index (χ4n) is 2.55. The summed E-state index contributed by atoms with van der Waals surface area (Å²) in [6.07, 6.45) is 1.18. The monoisotopic (exact) mass is 397 g/mol. The van der Waals surface area contributed by atoms with Gasteiger partial charge in [-0.2, -0.15) is 0 Å². The summed E-state index contributed by atoms with van der Waals surface area (Å²) in [6, 6.07) is 11.3. The number of aryl methyl sites for hydroxylation is 1. The van der Waals surface area contributed by atoms with Gasteiger partial charge in [0.25, 0.3) is 5.91 Å². The number of carboxylic acid groups (broad SMARTS) is 2. The molecule has 0 spiro atoms. The highest BCUT2D eigenvalue weighted by Crippen LogP contribution is 2.34. The van der Waals surface area contributed by atoms with E-state index in [1.165, 1.54) is 12.1 Å². The molecule has 3 rings (SSSR count). The fraction of sp³-hybridized carbons (Fsp3) is 0.0500. The number of hydrogen-bond acceptors (Lipinski definition) is 5. The highest BCUT2D eigenvalue weighted by Gasteiger charge is 2.20. The molecule has 0 saturated carbocycles. The first-order chi connectivity index (χ1) is 13.4. The van der Waals surface area contributed by atoms with Crippen molar-refractivity contribution in [2.45, 2.75) is 6.92 Å². The van der Waals surface area contributed by atoms with Crippen LogP contribution in [-0.2, 0) is 4.79 Å². The number of carbonyl (C=O) groups excluding carboxylic acids is 1. The molecule has 2 heterocycles. The average Bonchev–Trinajstić information content (AvgIpc) is 3.27. The van der Waals surface area contributed by atoms with Crippen LogP contribution in [0.15, 0.2) is 58.0 Å². The van der Waals surface area contributed by atoms with Gasteiger partial charge in [0.15, 0.2) is 0 Å². The minimum Gasteiger partial charge on any atom is -0.477 e. The number of furan rings is 1. The predicted molar refractivity (Wildman–Crippen MR) is 103 cm³/mol. The van der Waals surface area contributed by atoms with E-state index in [1.807, 2.05) is 0 Å². The van der Waals surface area contributed by atoms with E-state index in [4.69, 9.17) is 4.42 Å². The summed E-state index contributed by atoms with van der Waals surface area (Å²) in [4.78, 5) is 35.2. The number of carbonyl (C=O) groups is 3. The number of amides is 1. The molecule has 0 unspecified atom stereocenters. The Morgan fingerprint density at radius 3 is 2.43 bits per heavy atom. The maximum absolute atomic E-state index is 12.2. The molecule has 1 aromatic carbocycles. The number of hydrogen-bond donors (Lipinski definition) is 3. The molecule has 0 aliphatic rings. The minimum atomic E-state index is -1.33. The van der Waals surface area contributed by atoms with Crippen LogP contribution in [0.3, 0.4) is 0 Å². The van der Waals surface area contributed by atoms with E-state index in [2.05, 4.69) is 5.32 Å². The predicted octanol–water partition coefficient (Wildman–Crippen LogP) is 3.87. The molecule has 0 aliphatic carbocycles. The smallest absolute Gasteiger partial charge is 0.352 e. The molecule has 28 heavy (non-hydrogen) atoms. The number of rotatable bonds is 6. The maximum Gasteiger partial charge on any atom is 0.352 e. The molecule has 1 amide bonds. The Labute approximate surface area is 163 Å². The zero-order valence-corrected chi connectivity index (χ0v) is 15.4. The van der Waals surface area contributed by atoms with Crippen molar-refractivity contribution in [2.24, 2.45) is 0 Å². The SMILES string of the molecule is Cc1csc(C(=O)O)c1-c1ccc(/C=C(\NC(=O)c2ccccc2)C(=O)O)o1. The first-order valence-corrected chi connectivity index (χ1v) is 8.97. The molecule has 142 valence electrons. The number of aromatic carboxylic acids is 1. The summed E-state index contributed by atoms with van der Waals surface area (Å²) in [5.74, 6) is -2.49. The van der Waals surface area contributed by atoms with Crippen molar-refractivity contribution in [2.75, 3.05) is 0 Å². The summed E-state index contributed by atoms with van der Waals surface area (Å²) >= 11 is 1.09. The molecule has 0 radical (unpaired) electrons. The molecule has 3 N–H and O–H groups in total. The van der Waals surface area contributed by atoms with E-state index < -0.39 is 17.8 Å². The topological polar surface area (TPSA) is 117 Å². The molecule has 0 fully saturated rings. The van der Waals surface area contributed by atoms with Gasteiger partial charge in [0, 0.05) is 17.2 Å². The zero-order valence-electron chi connectivity index (χ0n) is 14.6. The molecule has 0 bridgehead atoms. The lowest BCUT2D eigenvalue weighted by Crippen LogP contribution is -2.27. The summed E-state index contributed by atoms with van der Waals surface area (Å²) in [5, 5.41) is 22.7. The van der Waals surface area contributed by atoms with Crippen LogP contribution in [-0.4, -0.2) is 28.1 Å². The molecule has 2 aromatic heterocycles. The molecule has 0 atom stereocenters. The molecular weight excluding hydrogens is 382 g/mol. The van der Waals surface area contributed by atoms with Crippen molar-refractivity contribution >= 4 is 35.3 Å². The van der Waals surface area contributed by atoms with E-state index in [1.54, 1.807) is 48.7 Å². The first kappa shape index (κ1) is 19.1. The normalized spacial score (nSPS) is 11.2. The third-order valence-electron chi connectivity index (χ3n) is 3.84. The van der Waals surface area contributed by atoms with Gasteiger partial charge in [-0.05, 0) is 42.1 Å². The lowest BCUT2D eigenvalue weighted by atomic mass is 10.1. The second kappa shape index (κ2) is 7.93. The van der Waals surface area contributed by atoms with E-state index in [0.717, 1.165) is 16.9 Å². The Bertz CT molecular complexity index is 1080. The van der Waals surface area contributed by atoms with Crippen molar-refractivity contribution < 1.29 is 29.0 Å². The third kappa shape index (κ3) is 4.02. The first-order valence-electron chi connectivity index (χ1n) is 8.10. The Kier molecular flexibility index (Phi) is 5.42. The van der Waals surface area contributed by atoms with Crippen molar-refractivity contribution in [1.29, 1.82) is 0 Å². The Balaban J connectivity index is 1.90. The fourth-order valence-corrected chi connectivity index (χ4v) is 3.44. The van der Waals surface area contributed by atoms with Gasteiger partial charge in [0.1, 0.15) is 22.1 Å². The maximum atomic E-state index is 12.2. The third-order valence-corrected chi connectivity index (χ3v) is 4.93. The van der Waals surface area contributed by atoms with Gasteiger partial charge < -0.3 is 19.9 Å². The number of benzene rings is 1. The van der Waals surface area contributed by atoms with E-state index in [-0.39, 0.29) is 16.3 Å². The second-order valence-corrected chi connectivity index (χ2v) is 6.69. The van der Waals surface area contributed by atoms with Crippen LogP contribution in [0.25, 0.3) is 17.4 Å². The second-order valence-electron chi connectivity index (χ2n) is 5.81. The van der Waals surface area contributed by atoms with E-state index >= 15 is 0 Å². The highest BCUT2D eigenvalue weighted by atomic mass is 32.1. The van der Waals surface area contributed by atoms with Crippen LogP contribution in [0.5, 0.6) is 0 Å². The van der Waals surface area contributed by atoms with Gasteiger partial charge in [0.2, 0.25) is 0 Å². The van der Waals surface area contributed by atoms with Crippen LogP contribution in [0, 0.1) is 6.92 Å². The number of aliphatic carboxylic acids is 1. The molecule has 3 aromatic rings. The van der Waals surface area contributed by atoms with Crippen molar-refractivity contribution in [3.63, 3.8) is 0 Å². The van der Waals surface area contributed by atoms with Crippen LogP contribution >= 0.6 is 11.3 Å². The van der Waals surface area contributed by atoms with Gasteiger partial charge in [-0.1, -0.05) is 18.2 Å². The van der Waals surface area contributed by atoms with Crippen molar-refractivity contribution in [1.82, 2.24) is 5.32 Å². The highest BCUT2D eigenvalue weighted by molar-refractivity contribution is 7.12. The van der Waals surface area contributed by atoms with Gasteiger partial charge >= 0.3 is 11.9 Å². The van der Waals surface area contributed by atoms with Crippen LogP contribution in [0.1, 0.15) is 31.4 Å². The average molecular weight is 397 g/mol. The Morgan fingerprint density at radius 2 is 1.79 bits per heavy atom. The Morgan fingerprint density at radius 1 is 1.07 bits per heavy atom. The molecule has 0 aliphatic heterocycles. The van der Waals surface area contributed by atoms with E-state index in [9.17, 15) is 24.6 Å². The molecule has 0 saturated heterocycles. The van der Waals surface area contributed by atoms with Crippen LogP contribution in [0.4, 0.5) is 0 Å². The summed E-state index contributed by atoms with van der Waals surface area (Å²) in [5.41, 5.74) is 1.13. The zero-order chi connectivity index (χ0) is 20.3. The number of carboxylic acids is 2. The van der Waals surface area contributed by atoms with Gasteiger partial charge in [-0.25, -0.2) is 9.59 Å². The summed E-state index contributed by atoms with van der Waals surface area (Å²) < 4.78 is 5.62.